The van der Waals surface area contributed by atoms with Gasteiger partial charge in [-0.15, -0.1) is 11.3 Å². The molecule has 1 unspecified atom stereocenters. The summed E-state index contributed by atoms with van der Waals surface area (Å²) in [6.07, 6.45) is 6.82. The molecule has 1 saturated heterocycles. The Morgan fingerprint density at radius 2 is 1.98 bits per heavy atom. The van der Waals surface area contributed by atoms with Gasteiger partial charge in [-0.1, -0.05) is 6.58 Å². The van der Waals surface area contributed by atoms with E-state index in [2.05, 4.69) is 11.7 Å². The summed E-state index contributed by atoms with van der Waals surface area (Å²) in [7, 11) is 1.67. The van der Waals surface area contributed by atoms with Crippen molar-refractivity contribution in [2.75, 3.05) is 13.1 Å². The number of rotatable bonds is 7. The zero-order valence-corrected chi connectivity index (χ0v) is 24.7. The Balaban J connectivity index is 1.60. The van der Waals surface area contributed by atoms with Crippen LogP contribution in [0.15, 0.2) is 71.8 Å². The summed E-state index contributed by atoms with van der Waals surface area (Å²) in [6.45, 7) is 8.22. The highest BCUT2D eigenvalue weighted by Gasteiger charge is 2.29. The molecular formula is C32H29F2N5O3S. The van der Waals surface area contributed by atoms with Crippen molar-refractivity contribution in [3.63, 3.8) is 0 Å². The normalized spacial score (nSPS) is 15.0. The molecule has 0 N–H and O–H groups in total. The predicted octanol–water partition coefficient (Wildman–Crippen LogP) is 6.22. The molecule has 1 aliphatic heterocycles. The van der Waals surface area contributed by atoms with Crippen molar-refractivity contribution in [2.45, 2.75) is 32.4 Å². The zero-order valence-electron chi connectivity index (χ0n) is 23.9. The van der Waals surface area contributed by atoms with Gasteiger partial charge >= 0.3 is 0 Å². The quantitative estimate of drug-likeness (QED) is 0.207. The van der Waals surface area contributed by atoms with Crippen LogP contribution in [0.3, 0.4) is 0 Å². The van der Waals surface area contributed by atoms with Crippen molar-refractivity contribution in [3.8, 4) is 39.4 Å². The molecule has 6 rings (SSSR count). The third-order valence-electron chi connectivity index (χ3n) is 7.52. The molecule has 4 aromatic heterocycles. The average molecular weight is 602 g/mol. The van der Waals surface area contributed by atoms with Crippen molar-refractivity contribution < 1.29 is 18.3 Å². The molecule has 11 heteroatoms. The van der Waals surface area contributed by atoms with E-state index in [1.54, 1.807) is 42.9 Å². The smallest absolute Gasteiger partial charge is 0.250 e. The first-order valence-corrected chi connectivity index (χ1v) is 14.7. The van der Waals surface area contributed by atoms with Gasteiger partial charge in [-0.2, -0.15) is 5.10 Å². The number of carbonyl (C=O) groups is 1. The van der Waals surface area contributed by atoms with Crippen LogP contribution in [0.5, 0.6) is 5.75 Å². The Labute approximate surface area is 250 Å². The average Bonchev–Trinajstić information content (AvgIpc) is 3.74. The van der Waals surface area contributed by atoms with Crippen LogP contribution in [-0.4, -0.2) is 49.3 Å². The van der Waals surface area contributed by atoms with Gasteiger partial charge in [0, 0.05) is 77.5 Å². The van der Waals surface area contributed by atoms with Gasteiger partial charge in [-0.25, -0.2) is 13.8 Å². The lowest BCUT2D eigenvalue weighted by atomic mass is 9.96. The van der Waals surface area contributed by atoms with Crippen LogP contribution >= 0.6 is 11.3 Å². The SMILES string of the molecule is C=CC(=O)N1CCC(n2cc(-c3nc(-c4ccn(C)c(=O)c4)c4ccsc4c3-c3c(F)cc(F)cc3OC(C)C)cn2)C1. The molecular weight excluding hydrogens is 572 g/mol. The van der Waals surface area contributed by atoms with Gasteiger partial charge < -0.3 is 14.2 Å². The molecule has 0 spiro atoms. The summed E-state index contributed by atoms with van der Waals surface area (Å²) in [6, 6.07) is 7.16. The minimum Gasteiger partial charge on any atom is -0.490 e. The molecule has 0 aliphatic carbocycles. The second-order valence-corrected chi connectivity index (χ2v) is 11.7. The molecule has 8 nitrogen and oxygen atoms in total. The van der Waals surface area contributed by atoms with E-state index in [4.69, 9.17) is 9.72 Å². The maximum absolute atomic E-state index is 15.8. The van der Waals surface area contributed by atoms with Crippen LogP contribution in [0.1, 0.15) is 26.3 Å². The Morgan fingerprint density at radius 3 is 2.72 bits per heavy atom. The summed E-state index contributed by atoms with van der Waals surface area (Å²) in [5, 5.41) is 7.21. The van der Waals surface area contributed by atoms with E-state index >= 15 is 4.39 Å². The van der Waals surface area contributed by atoms with E-state index in [1.165, 1.54) is 34.1 Å². The van der Waals surface area contributed by atoms with Crippen molar-refractivity contribution in [3.05, 3.63) is 88.9 Å². The maximum Gasteiger partial charge on any atom is 0.250 e. The zero-order chi connectivity index (χ0) is 30.4. The van der Waals surface area contributed by atoms with Gasteiger partial charge in [0.1, 0.15) is 17.4 Å². The van der Waals surface area contributed by atoms with E-state index in [9.17, 15) is 14.0 Å². The number of benzene rings is 1. The molecule has 5 aromatic rings. The number of carbonyl (C=O) groups excluding carboxylic acids is 1. The van der Waals surface area contributed by atoms with E-state index in [-0.39, 0.29) is 34.9 Å². The second-order valence-electron chi connectivity index (χ2n) is 10.8. The fraction of sp³-hybridized carbons (Fsp3) is 0.250. The molecule has 1 amide bonds. The monoisotopic (exact) mass is 601 g/mol. The first kappa shape index (κ1) is 28.5. The van der Waals surface area contributed by atoms with Crippen LogP contribution in [0.2, 0.25) is 0 Å². The highest BCUT2D eigenvalue weighted by Crippen LogP contribution is 2.47. The third-order valence-corrected chi connectivity index (χ3v) is 8.45. The highest BCUT2D eigenvalue weighted by atomic mass is 32.1. The predicted molar refractivity (Wildman–Crippen MR) is 163 cm³/mol. The number of aromatic nitrogens is 4. The number of hydrogen-bond donors (Lipinski definition) is 0. The van der Waals surface area contributed by atoms with Crippen LogP contribution < -0.4 is 10.3 Å². The summed E-state index contributed by atoms with van der Waals surface area (Å²) >= 11 is 1.39. The summed E-state index contributed by atoms with van der Waals surface area (Å²) in [5.41, 5.74) is 2.52. The van der Waals surface area contributed by atoms with Gasteiger partial charge in [0.15, 0.2) is 0 Å². The lowest BCUT2D eigenvalue weighted by Gasteiger charge is -2.19. The maximum atomic E-state index is 15.8. The number of likely N-dealkylation sites (tertiary alicyclic amines) is 1. The molecule has 1 aliphatic rings. The fourth-order valence-corrected chi connectivity index (χ4v) is 6.42. The van der Waals surface area contributed by atoms with Crippen molar-refractivity contribution in [1.82, 2.24) is 24.2 Å². The summed E-state index contributed by atoms with van der Waals surface area (Å²) in [4.78, 5) is 31.5. The van der Waals surface area contributed by atoms with Crippen LogP contribution in [0, 0.1) is 11.6 Å². The Hall–Kier alpha value is -4.64. The van der Waals surface area contributed by atoms with E-state index < -0.39 is 11.6 Å². The first-order chi connectivity index (χ1) is 20.6. The number of aryl methyl sites for hydroxylation is 1. The molecule has 1 atom stereocenters. The number of nitrogens with zero attached hydrogens (tertiary/aromatic N) is 5. The molecule has 43 heavy (non-hydrogen) atoms. The number of ether oxygens (including phenoxy) is 1. The first-order valence-electron chi connectivity index (χ1n) is 13.8. The minimum absolute atomic E-state index is 0.0633. The van der Waals surface area contributed by atoms with Crippen molar-refractivity contribution in [1.29, 1.82) is 0 Å². The van der Waals surface area contributed by atoms with Crippen LogP contribution in [-0.2, 0) is 11.8 Å². The summed E-state index contributed by atoms with van der Waals surface area (Å²) in [5.74, 6) is -1.60. The van der Waals surface area contributed by atoms with Crippen LogP contribution in [0.25, 0.3) is 43.7 Å². The molecule has 1 fully saturated rings. The van der Waals surface area contributed by atoms with E-state index in [0.717, 1.165) is 11.5 Å². The van der Waals surface area contributed by atoms with Crippen molar-refractivity contribution in [2.24, 2.45) is 7.05 Å². The molecule has 1 aromatic carbocycles. The third kappa shape index (κ3) is 5.25. The number of hydrogen-bond acceptors (Lipinski definition) is 6. The minimum atomic E-state index is -0.781. The number of pyridine rings is 2. The molecule has 0 bridgehead atoms. The fourth-order valence-electron chi connectivity index (χ4n) is 5.47. The molecule has 5 heterocycles. The topological polar surface area (TPSA) is 82.2 Å². The molecule has 0 radical (unpaired) electrons. The summed E-state index contributed by atoms with van der Waals surface area (Å²) < 4.78 is 40.2. The largest absolute Gasteiger partial charge is 0.490 e. The Kier molecular flexibility index (Phi) is 7.43. The number of halogens is 2. The van der Waals surface area contributed by atoms with Gasteiger partial charge in [-0.05, 0) is 43.9 Å². The van der Waals surface area contributed by atoms with E-state index in [1.807, 2.05) is 23.7 Å². The Bertz CT molecular complexity index is 1940. The lowest BCUT2D eigenvalue weighted by molar-refractivity contribution is -0.125. The van der Waals surface area contributed by atoms with Crippen LogP contribution in [0.4, 0.5) is 8.78 Å². The number of fused-ring (bicyclic) bond motifs is 1. The standard InChI is InChI=1S/C32H29F2N5O3S/c1-5-26(40)38-10-7-22(17-38)39-16-20(15-35-39)31-29(28-24(34)13-21(33)14-25(28)42-18(2)3)32-23(8-11-43-32)30(36-31)19-6-9-37(4)27(41)12-19/h5-6,8-9,11-16,18,22H,1,7,10,17H2,2-4H3. The van der Waals surface area contributed by atoms with Gasteiger partial charge in [-0.3, -0.25) is 14.3 Å². The van der Waals surface area contributed by atoms with E-state index in [0.29, 0.717) is 52.3 Å². The highest BCUT2D eigenvalue weighted by molar-refractivity contribution is 7.18. The molecule has 0 saturated carbocycles. The lowest BCUT2D eigenvalue weighted by Crippen LogP contribution is -2.27. The Morgan fingerprint density at radius 1 is 1.16 bits per heavy atom. The molecule has 220 valence electrons. The van der Waals surface area contributed by atoms with Gasteiger partial charge in [0.25, 0.3) is 5.56 Å². The number of amides is 1. The van der Waals surface area contributed by atoms with Crippen molar-refractivity contribution >= 4 is 27.3 Å². The second kappa shape index (κ2) is 11.2. The number of thiophene rings is 1. The van der Waals surface area contributed by atoms with Gasteiger partial charge in [0.05, 0.1) is 35.3 Å². The van der Waals surface area contributed by atoms with Gasteiger partial charge in [0.2, 0.25) is 5.91 Å².